The van der Waals surface area contributed by atoms with E-state index in [-0.39, 0.29) is 5.82 Å². The Hall–Kier alpha value is -1.19. The molecule has 21 heavy (non-hydrogen) atoms. The number of benzene rings is 1. The number of aryl methyl sites for hydroxylation is 1. The van der Waals surface area contributed by atoms with Crippen LogP contribution < -0.4 is 4.48 Å². The number of hydrogen-bond acceptors (Lipinski definition) is 1. The van der Waals surface area contributed by atoms with Crippen molar-refractivity contribution < 1.29 is 4.39 Å². The van der Waals surface area contributed by atoms with Crippen molar-refractivity contribution in [2.75, 3.05) is 26.2 Å². The Morgan fingerprint density at radius 3 is 2.86 bits per heavy atom. The van der Waals surface area contributed by atoms with Gasteiger partial charge in [0.2, 0.25) is 0 Å². The fraction of sp³-hybridized carbons (Fsp3) is 0.556. The monoisotopic (exact) mass is 284 g/mol. The fourth-order valence-electron chi connectivity index (χ4n) is 5.29. The second-order valence-corrected chi connectivity index (χ2v) is 7.20. The maximum atomic E-state index is 13.8. The van der Waals surface area contributed by atoms with Gasteiger partial charge in [0.15, 0.2) is 0 Å². The summed E-state index contributed by atoms with van der Waals surface area (Å²) in [5, 5.41) is 0. The molecule has 3 saturated heterocycles. The van der Waals surface area contributed by atoms with Gasteiger partial charge in [-0.15, -0.1) is 0 Å². The molecule has 0 aromatic heterocycles. The van der Waals surface area contributed by atoms with E-state index in [1.54, 1.807) is 12.1 Å². The Labute approximate surface area is 125 Å². The second kappa shape index (κ2) is 4.17. The smallest absolute Gasteiger partial charge is 0.149 e. The minimum Gasteiger partial charge on any atom is -0.297 e. The molecule has 6 rings (SSSR count). The van der Waals surface area contributed by atoms with Gasteiger partial charge in [-0.25, -0.2) is 4.39 Å². The van der Waals surface area contributed by atoms with Gasteiger partial charge in [0.1, 0.15) is 23.7 Å². The highest BCUT2D eigenvalue weighted by Gasteiger charge is 2.52. The van der Waals surface area contributed by atoms with E-state index >= 15 is 0 Å². The Morgan fingerprint density at radius 2 is 2.10 bits per heavy atom. The van der Waals surface area contributed by atoms with Gasteiger partial charge in [0, 0.05) is 17.9 Å². The number of nitrogens with zero attached hydrogens (tertiary/aromatic N) is 2. The largest absolute Gasteiger partial charge is 0.297 e. The number of quaternary nitrogens is 1. The molecule has 0 spiro atoms. The van der Waals surface area contributed by atoms with Gasteiger partial charge in [-0.2, -0.15) is 0 Å². The zero-order valence-electron chi connectivity index (χ0n) is 12.3. The molecule has 0 amide bonds. The van der Waals surface area contributed by atoms with Crippen LogP contribution in [0, 0.1) is 17.8 Å². The lowest BCUT2D eigenvalue weighted by Crippen LogP contribution is -2.66. The first kappa shape index (κ1) is 12.4. The van der Waals surface area contributed by atoms with Crippen LogP contribution in [-0.4, -0.2) is 37.1 Å². The van der Waals surface area contributed by atoms with E-state index in [1.165, 1.54) is 50.3 Å². The van der Waals surface area contributed by atoms with E-state index in [0.29, 0.717) is 6.04 Å². The predicted molar refractivity (Wildman–Crippen MR) is 81.2 cm³/mol. The Bertz CT molecular complexity index is 630. The van der Waals surface area contributed by atoms with Gasteiger partial charge < -0.3 is 0 Å². The van der Waals surface area contributed by atoms with E-state index in [9.17, 15) is 4.39 Å². The van der Waals surface area contributed by atoms with Crippen molar-refractivity contribution in [1.82, 2.24) is 9.38 Å². The molecule has 2 nitrogen and oxygen atoms in total. The van der Waals surface area contributed by atoms with E-state index in [0.717, 1.165) is 28.8 Å². The van der Waals surface area contributed by atoms with Crippen LogP contribution in [0.2, 0.25) is 0 Å². The van der Waals surface area contributed by atoms with Gasteiger partial charge in [-0.05, 0) is 44.5 Å². The Morgan fingerprint density at radius 1 is 1.24 bits per heavy atom. The van der Waals surface area contributed by atoms with Crippen molar-refractivity contribution >= 4 is 5.69 Å². The van der Waals surface area contributed by atoms with Crippen LogP contribution in [0.25, 0.3) is 0 Å². The molecule has 2 unspecified atom stereocenters. The summed E-state index contributed by atoms with van der Waals surface area (Å²) in [4.78, 5) is 2.63. The summed E-state index contributed by atoms with van der Waals surface area (Å²) < 4.78 is 14.8. The maximum Gasteiger partial charge on any atom is 0.149 e. The van der Waals surface area contributed by atoms with Crippen molar-refractivity contribution in [3.63, 3.8) is 0 Å². The van der Waals surface area contributed by atoms with Crippen molar-refractivity contribution in [3.05, 3.63) is 41.4 Å². The van der Waals surface area contributed by atoms with Gasteiger partial charge in [0.05, 0.1) is 24.7 Å². The van der Waals surface area contributed by atoms with Crippen LogP contribution in [-0.2, 0) is 6.42 Å². The van der Waals surface area contributed by atoms with E-state index < -0.39 is 0 Å². The summed E-state index contributed by atoms with van der Waals surface area (Å²) in [6.07, 6.45) is 10.5. The number of rotatable bonds is 1. The number of piperidine rings is 3. The standard InChI is InChI=1S/C18H21FN2/c19-16-10-14-2-1-8-21(9-5-15(11-16)18(14)21)17-12-20-6-3-13(17)4-7-20/h9-11,13,17H,1-4,6-8,12H2/q+1. The minimum absolute atomic E-state index is 0.0968. The molecule has 2 bridgehead atoms. The van der Waals surface area contributed by atoms with Crippen molar-refractivity contribution in [2.24, 2.45) is 5.92 Å². The fourth-order valence-corrected chi connectivity index (χ4v) is 5.29. The summed E-state index contributed by atoms with van der Waals surface area (Å²) in [5.74, 6) is 0.732. The lowest BCUT2D eigenvalue weighted by molar-refractivity contribution is 0.0265. The quantitative estimate of drug-likeness (QED) is 0.717. The van der Waals surface area contributed by atoms with Crippen LogP contribution in [0.15, 0.2) is 18.3 Å². The molecule has 0 aliphatic carbocycles. The Balaban J connectivity index is 1.66. The van der Waals surface area contributed by atoms with E-state index in [1.807, 2.05) is 0 Å². The highest BCUT2D eigenvalue weighted by Crippen LogP contribution is 2.47. The highest BCUT2D eigenvalue weighted by molar-refractivity contribution is 5.66. The summed E-state index contributed by atoms with van der Waals surface area (Å²) >= 11 is 0. The molecule has 1 aromatic carbocycles. The van der Waals surface area contributed by atoms with Gasteiger partial charge >= 0.3 is 0 Å². The average molecular weight is 284 g/mol. The molecule has 109 valence electrons. The molecule has 5 aliphatic rings. The van der Waals surface area contributed by atoms with Gasteiger partial charge in [-0.3, -0.25) is 9.38 Å². The van der Waals surface area contributed by atoms with Crippen molar-refractivity contribution in [3.8, 4) is 0 Å². The Kier molecular flexibility index (Phi) is 2.46. The molecule has 1 aromatic rings. The lowest BCUT2D eigenvalue weighted by Gasteiger charge is -2.53. The molecule has 1 radical (unpaired) electrons. The first-order chi connectivity index (χ1) is 10.3. The van der Waals surface area contributed by atoms with Crippen LogP contribution in [0.5, 0.6) is 0 Å². The summed E-state index contributed by atoms with van der Waals surface area (Å²) in [6.45, 7) is 4.93. The van der Waals surface area contributed by atoms with Crippen LogP contribution in [0.1, 0.15) is 30.4 Å². The molecule has 0 N–H and O–H groups in total. The average Bonchev–Trinajstić information content (AvgIpc) is 2.90. The summed E-state index contributed by atoms with van der Waals surface area (Å²) in [7, 11) is 0. The zero-order chi connectivity index (χ0) is 14.0. The molecular weight excluding hydrogens is 263 g/mol. The topological polar surface area (TPSA) is 3.24 Å². The minimum atomic E-state index is -0.0968. The van der Waals surface area contributed by atoms with Crippen molar-refractivity contribution in [1.29, 1.82) is 0 Å². The third-order valence-electron chi connectivity index (χ3n) is 6.21. The van der Waals surface area contributed by atoms with E-state index in [4.69, 9.17) is 0 Å². The van der Waals surface area contributed by atoms with Crippen LogP contribution in [0.3, 0.4) is 0 Å². The molecule has 3 heteroatoms. The van der Waals surface area contributed by atoms with Gasteiger partial charge in [0.25, 0.3) is 0 Å². The molecule has 5 heterocycles. The number of fused-ring (bicyclic) bond motifs is 4. The molecule has 0 saturated carbocycles. The summed E-state index contributed by atoms with van der Waals surface area (Å²) in [6, 6.07) is 4.11. The number of halogens is 1. The summed E-state index contributed by atoms with van der Waals surface area (Å²) in [5.41, 5.74) is 3.62. The first-order valence-electron chi connectivity index (χ1n) is 8.30. The molecular formula is C18H21FN2+. The van der Waals surface area contributed by atoms with Crippen LogP contribution >= 0.6 is 0 Å². The molecule has 2 atom stereocenters. The maximum absolute atomic E-state index is 13.8. The first-order valence-corrected chi connectivity index (χ1v) is 8.30. The third kappa shape index (κ3) is 1.59. The third-order valence-corrected chi connectivity index (χ3v) is 6.21. The van der Waals surface area contributed by atoms with Crippen molar-refractivity contribution in [2.45, 2.75) is 31.7 Å². The number of hydrogen-bond donors (Lipinski definition) is 0. The lowest BCUT2D eigenvalue weighted by atomic mass is 9.80. The van der Waals surface area contributed by atoms with Crippen LogP contribution in [0.4, 0.5) is 10.1 Å². The molecule has 5 aliphatic heterocycles. The predicted octanol–water partition coefficient (Wildman–Crippen LogP) is 2.85. The SMILES string of the molecule is Fc1cc2c3c(c1)CCC[N+]3(C1CN3CCC1CC3)C=[C]2. The van der Waals surface area contributed by atoms with Gasteiger partial charge in [-0.1, -0.05) is 0 Å². The zero-order valence-corrected chi connectivity index (χ0v) is 12.3. The normalized spacial score (nSPS) is 39.6. The second-order valence-electron chi connectivity index (χ2n) is 7.20. The van der Waals surface area contributed by atoms with E-state index in [2.05, 4.69) is 17.2 Å². The highest BCUT2D eigenvalue weighted by atomic mass is 19.1. The molecule has 3 fully saturated rings.